The molecule has 0 bridgehead atoms. The molecule has 0 radical (unpaired) electrons. The minimum atomic E-state index is -0.604. The molecule has 1 amide bonds. The number of benzene rings is 3. The summed E-state index contributed by atoms with van der Waals surface area (Å²) in [5.74, 6) is -1.13. The third kappa shape index (κ3) is 4.70. The van der Waals surface area contributed by atoms with Gasteiger partial charge in [0.1, 0.15) is 12.4 Å². The van der Waals surface area contributed by atoms with Crippen molar-refractivity contribution in [2.75, 3.05) is 6.61 Å². The number of carbonyl (C=O) groups is 1. The number of rotatable bonds is 6. The van der Waals surface area contributed by atoms with E-state index in [4.69, 9.17) is 15.2 Å². The Bertz CT molecular complexity index is 2100. The Hall–Kier alpha value is -5.06. The molecule has 1 aliphatic heterocycles. The third-order valence-corrected chi connectivity index (χ3v) is 7.98. The molecule has 216 valence electrons. The molecular weight excluding hydrogens is 544 g/mol. The fourth-order valence-corrected chi connectivity index (χ4v) is 5.90. The van der Waals surface area contributed by atoms with E-state index in [2.05, 4.69) is 15.1 Å². The lowest BCUT2D eigenvalue weighted by Gasteiger charge is -2.16. The highest BCUT2D eigenvalue weighted by Crippen LogP contribution is 2.37. The van der Waals surface area contributed by atoms with Gasteiger partial charge in [-0.1, -0.05) is 30.3 Å². The number of nitrogens with zero attached hydrogens (tertiary/aromatic N) is 4. The standard InChI is InChI=1S/C33H30N6O4/c1-19-22(8-6-10-29(19)39-18-35-27-9-5-4-7-24(27)32(39)41)23-11-12-25(31(34)40)30-26(23)13-28(37-30)20-14-36-38(15-20)16-21-17-42-33(2,3)43-21/h4-15,18,21,37H,16-17H2,1-3H3,(H2,34,40). The molecule has 1 saturated heterocycles. The number of hydrogen-bond acceptors (Lipinski definition) is 6. The summed E-state index contributed by atoms with van der Waals surface area (Å²) in [5.41, 5.74) is 12.4. The highest BCUT2D eigenvalue weighted by Gasteiger charge is 2.33. The first kappa shape index (κ1) is 26.8. The molecule has 1 fully saturated rings. The van der Waals surface area contributed by atoms with E-state index in [1.54, 1.807) is 29.2 Å². The van der Waals surface area contributed by atoms with Crippen LogP contribution in [0.15, 0.2) is 84.2 Å². The summed E-state index contributed by atoms with van der Waals surface area (Å²) in [6.45, 7) is 6.83. The summed E-state index contributed by atoms with van der Waals surface area (Å²) < 4.78 is 15.0. The van der Waals surface area contributed by atoms with E-state index in [1.807, 2.05) is 80.2 Å². The van der Waals surface area contributed by atoms with Gasteiger partial charge in [-0.05, 0) is 67.8 Å². The van der Waals surface area contributed by atoms with Crippen molar-refractivity contribution in [3.63, 3.8) is 0 Å². The number of aromatic amines is 1. The van der Waals surface area contributed by atoms with Crippen molar-refractivity contribution in [1.29, 1.82) is 0 Å². The molecule has 3 aromatic heterocycles. The lowest BCUT2D eigenvalue weighted by atomic mass is 9.94. The molecule has 43 heavy (non-hydrogen) atoms. The van der Waals surface area contributed by atoms with Gasteiger partial charge in [0.05, 0.1) is 47.0 Å². The summed E-state index contributed by atoms with van der Waals surface area (Å²) in [4.78, 5) is 33.7. The second-order valence-corrected chi connectivity index (χ2v) is 11.3. The number of amides is 1. The molecule has 0 spiro atoms. The second kappa shape index (κ2) is 10.0. The number of ether oxygens (including phenoxy) is 2. The summed E-state index contributed by atoms with van der Waals surface area (Å²) in [5, 5.41) is 5.91. The number of H-pyrrole nitrogens is 1. The van der Waals surface area contributed by atoms with Crippen LogP contribution in [0.3, 0.4) is 0 Å². The minimum Gasteiger partial charge on any atom is -0.366 e. The van der Waals surface area contributed by atoms with Crippen LogP contribution in [0.2, 0.25) is 0 Å². The van der Waals surface area contributed by atoms with E-state index in [-0.39, 0.29) is 11.7 Å². The van der Waals surface area contributed by atoms with Gasteiger partial charge in [0.2, 0.25) is 0 Å². The summed E-state index contributed by atoms with van der Waals surface area (Å²) >= 11 is 0. The molecule has 3 aromatic carbocycles. The van der Waals surface area contributed by atoms with Gasteiger partial charge >= 0.3 is 0 Å². The first-order valence-electron chi connectivity index (χ1n) is 14.1. The van der Waals surface area contributed by atoms with Crippen molar-refractivity contribution in [1.82, 2.24) is 24.3 Å². The summed E-state index contributed by atoms with van der Waals surface area (Å²) in [6.07, 6.45) is 5.19. The number of aromatic nitrogens is 5. The lowest BCUT2D eigenvalue weighted by molar-refractivity contribution is -0.139. The molecule has 0 aliphatic carbocycles. The predicted molar refractivity (Wildman–Crippen MR) is 164 cm³/mol. The van der Waals surface area contributed by atoms with E-state index in [9.17, 15) is 9.59 Å². The monoisotopic (exact) mass is 574 g/mol. The molecule has 10 heteroatoms. The predicted octanol–water partition coefficient (Wildman–Crippen LogP) is 4.96. The fraction of sp³-hybridized carbons (Fsp3) is 0.212. The van der Waals surface area contributed by atoms with Crippen molar-refractivity contribution >= 4 is 27.7 Å². The maximum Gasteiger partial charge on any atom is 0.265 e. The zero-order valence-electron chi connectivity index (χ0n) is 24.0. The van der Waals surface area contributed by atoms with E-state index < -0.39 is 11.7 Å². The maximum atomic E-state index is 13.4. The summed E-state index contributed by atoms with van der Waals surface area (Å²) in [6, 6.07) is 18.8. The van der Waals surface area contributed by atoms with Crippen LogP contribution >= 0.6 is 0 Å². The van der Waals surface area contributed by atoms with Gasteiger partial charge in [0, 0.05) is 22.8 Å². The van der Waals surface area contributed by atoms with Crippen molar-refractivity contribution < 1.29 is 14.3 Å². The van der Waals surface area contributed by atoms with Crippen LogP contribution in [0.1, 0.15) is 29.8 Å². The number of nitrogens with two attached hydrogens (primary N) is 1. The quantitative estimate of drug-likeness (QED) is 0.289. The van der Waals surface area contributed by atoms with E-state index in [0.717, 1.165) is 39.0 Å². The largest absolute Gasteiger partial charge is 0.366 e. The molecule has 6 aromatic rings. The van der Waals surface area contributed by atoms with Gasteiger partial charge in [-0.25, -0.2) is 4.98 Å². The zero-order valence-corrected chi connectivity index (χ0v) is 24.0. The van der Waals surface area contributed by atoms with Gasteiger partial charge in [-0.15, -0.1) is 0 Å². The SMILES string of the molecule is Cc1c(-c2ccc(C(N)=O)c3[nH]c(-c4cnn(CC5COC(C)(C)O5)c4)cc23)cccc1-n1cnc2ccccc2c1=O. The van der Waals surface area contributed by atoms with Crippen molar-refractivity contribution in [2.24, 2.45) is 5.73 Å². The molecule has 7 rings (SSSR count). The Labute approximate surface area is 246 Å². The lowest BCUT2D eigenvalue weighted by Crippen LogP contribution is -2.24. The van der Waals surface area contributed by atoms with Crippen LogP contribution in [0.25, 0.3) is 49.9 Å². The molecule has 3 N–H and O–H groups in total. The van der Waals surface area contributed by atoms with Gasteiger partial charge in [-0.2, -0.15) is 5.10 Å². The average Bonchev–Trinajstić information content (AvgIpc) is 3.72. The van der Waals surface area contributed by atoms with Gasteiger partial charge in [-0.3, -0.25) is 18.8 Å². The number of nitrogens with one attached hydrogen (secondary N) is 1. The maximum absolute atomic E-state index is 13.4. The number of hydrogen-bond donors (Lipinski definition) is 2. The fourth-order valence-electron chi connectivity index (χ4n) is 5.90. The number of para-hydroxylation sites is 1. The Morgan fingerprint density at radius 2 is 1.93 bits per heavy atom. The van der Waals surface area contributed by atoms with Gasteiger partial charge < -0.3 is 20.2 Å². The zero-order chi connectivity index (χ0) is 29.9. The van der Waals surface area contributed by atoms with Crippen LogP contribution < -0.4 is 11.3 Å². The number of carbonyl (C=O) groups excluding carboxylic acids is 1. The van der Waals surface area contributed by atoms with E-state index in [0.29, 0.717) is 35.1 Å². The highest BCUT2D eigenvalue weighted by molar-refractivity contribution is 6.10. The molecular formula is C33H30N6O4. The first-order valence-corrected chi connectivity index (χ1v) is 14.1. The average molecular weight is 575 g/mol. The van der Waals surface area contributed by atoms with Crippen LogP contribution in [-0.4, -0.2) is 48.7 Å². The molecule has 10 nitrogen and oxygen atoms in total. The Morgan fingerprint density at radius 1 is 1.09 bits per heavy atom. The highest BCUT2D eigenvalue weighted by atomic mass is 16.7. The van der Waals surface area contributed by atoms with Crippen molar-refractivity contribution in [2.45, 2.75) is 39.2 Å². The van der Waals surface area contributed by atoms with Crippen LogP contribution in [0.4, 0.5) is 0 Å². The smallest absolute Gasteiger partial charge is 0.265 e. The number of primary amides is 1. The molecule has 1 aliphatic rings. The Balaban J connectivity index is 1.31. The number of fused-ring (bicyclic) bond motifs is 2. The van der Waals surface area contributed by atoms with E-state index in [1.165, 1.54) is 0 Å². The van der Waals surface area contributed by atoms with Crippen LogP contribution in [0, 0.1) is 6.92 Å². The van der Waals surface area contributed by atoms with Crippen LogP contribution in [-0.2, 0) is 16.0 Å². The normalized spacial score (nSPS) is 16.3. The minimum absolute atomic E-state index is 0.0981. The van der Waals surface area contributed by atoms with Gasteiger partial charge in [0.15, 0.2) is 5.79 Å². The van der Waals surface area contributed by atoms with Crippen molar-refractivity contribution in [3.8, 4) is 28.1 Å². The van der Waals surface area contributed by atoms with Crippen LogP contribution in [0.5, 0.6) is 0 Å². The molecule has 1 unspecified atom stereocenters. The first-order chi connectivity index (χ1) is 20.7. The third-order valence-electron chi connectivity index (χ3n) is 7.98. The Morgan fingerprint density at radius 3 is 2.72 bits per heavy atom. The topological polar surface area (TPSA) is 130 Å². The van der Waals surface area contributed by atoms with E-state index >= 15 is 0 Å². The molecule has 0 saturated carbocycles. The van der Waals surface area contributed by atoms with Crippen molar-refractivity contribution in [3.05, 3.63) is 101 Å². The molecule has 4 heterocycles. The van der Waals surface area contributed by atoms with Gasteiger partial charge in [0.25, 0.3) is 11.5 Å². The summed E-state index contributed by atoms with van der Waals surface area (Å²) in [7, 11) is 0. The Kier molecular flexibility index (Phi) is 6.26. The molecule has 1 atom stereocenters. The second-order valence-electron chi connectivity index (χ2n) is 11.3.